The summed E-state index contributed by atoms with van der Waals surface area (Å²) < 4.78 is 4.81. The number of aryl methyl sites for hydroxylation is 1. The third kappa shape index (κ3) is 3.83. The van der Waals surface area contributed by atoms with E-state index in [0.29, 0.717) is 12.4 Å². The first kappa shape index (κ1) is 11.9. The summed E-state index contributed by atoms with van der Waals surface area (Å²) in [5.74, 6) is 0.363. The summed E-state index contributed by atoms with van der Waals surface area (Å²) in [7, 11) is 0. The lowest BCUT2D eigenvalue weighted by Crippen LogP contribution is -2.06. The molecule has 0 spiro atoms. The molecule has 0 bridgehead atoms. The van der Waals surface area contributed by atoms with Gasteiger partial charge in [-0.2, -0.15) is 0 Å². The Morgan fingerprint density at radius 1 is 1.53 bits per heavy atom. The first-order valence-corrected chi connectivity index (χ1v) is 5.70. The highest BCUT2D eigenvalue weighted by Crippen LogP contribution is 2.24. The molecule has 1 N–H and O–H groups in total. The number of phenolic OH excluding ortho intramolecular Hbond substituents is 1. The predicted molar refractivity (Wildman–Crippen MR) is 60.2 cm³/mol. The minimum absolute atomic E-state index is 0.215. The predicted octanol–water partition coefficient (Wildman–Crippen LogP) is 2.36. The molecule has 0 aliphatic heterocycles. The number of hydrogen-bond donors (Lipinski definition) is 1. The van der Waals surface area contributed by atoms with Gasteiger partial charge in [-0.15, -0.1) is 11.8 Å². The molecule has 0 aliphatic rings. The highest BCUT2D eigenvalue weighted by Gasteiger charge is 2.04. The van der Waals surface area contributed by atoms with Gasteiger partial charge in [-0.25, -0.2) is 0 Å². The number of carbonyl (C=O) groups excluding carboxylic acids is 1. The molecule has 1 rings (SSSR count). The number of thioether (sulfide) groups is 1. The molecule has 1 aromatic rings. The molecule has 0 fully saturated rings. The lowest BCUT2D eigenvalue weighted by atomic mass is 10.2. The maximum absolute atomic E-state index is 11.1. The van der Waals surface area contributed by atoms with Crippen molar-refractivity contribution in [3.63, 3.8) is 0 Å². The summed E-state index contributed by atoms with van der Waals surface area (Å²) in [6.07, 6.45) is 0. The SMILES string of the molecule is CCOC(=O)CSc1ccc(O)c(C)c1. The monoisotopic (exact) mass is 226 g/mol. The van der Waals surface area contributed by atoms with Crippen LogP contribution in [0.15, 0.2) is 23.1 Å². The Bertz CT molecular complexity index is 350. The number of phenols is 1. The minimum atomic E-state index is -0.215. The van der Waals surface area contributed by atoms with Crippen LogP contribution >= 0.6 is 11.8 Å². The fraction of sp³-hybridized carbons (Fsp3) is 0.364. The van der Waals surface area contributed by atoms with Crippen molar-refractivity contribution < 1.29 is 14.6 Å². The molecule has 0 aliphatic carbocycles. The number of esters is 1. The number of benzene rings is 1. The standard InChI is InChI=1S/C11H14O3S/c1-3-14-11(13)7-15-9-4-5-10(12)8(2)6-9/h4-6,12H,3,7H2,1-2H3. The molecule has 1 aromatic carbocycles. The number of rotatable bonds is 4. The summed E-state index contributed by atoms with van der Waals surface area (Å²) in [5.41, 5.74) is 0.809. The molecule has 0 aromatic heterocycles. The Hall–Kier alpha value is -1.16. The third-order valence-electron chi connectivity index (χ3n) is 1.83. The molecule has 0 radical (unpaired) electrons. The van der Waals surface area contributed by atoms with E-state index >= 15 is 0 Å². The first-order valence-electron chi connectivity index (χ1n) is 4.71. The molecule has 3 nitrogen and oxygen atoms in total. The van der Waals surface area contributed by atoms with Crippen LogP contribution in [0.3, 0.4) is 0 Å². The maximum atomic E-state index is 11.1. The van der Waals surface area contributed by atoms with Gasteiger partial charge in [0.2, 0.25) is 0 Å². The molecule has 0 heterocycles. The van der Waals surface area contributed by atoms with Crippen LogP contribution in [0.4, 0.5) is 0 Å². The Balaban J connectivity index is 2.51. The van der Waals surface area contributed by atoms with Gasteiger partial charge in [0, 0.05) is 4.90 Å². The Morgan fingerprint density at radius 3 is 2.87 bits per heavy atom. The Morgan fingerprint density at radius 2 is 2.27 bits per heavy atom. The molecule has 0 saturated carbocycles. The van der Waals surface area contributed by atoms with Crippen molar-refractivity contribution in [1.29, 1.82) is 0 Å². The first-order chi connectivity index (χ1) is 7.13. The van der Waals surface area contributed by atoms with E-state index in [4.69, 9.17) is 4.74 Å². The topological polar surface area (TPSA) is 46.5 Å². The average molecular weight is 226 g/mol. The largest absolute Gasteiger partial charge is 0.508 e. The van der Waals surface area contributed by atoms with Crippen LogP contribution in [0.5, 0.6) is 5.75 Å². The number of carbonyl (C=O) groups is 1. The van der Waals surface area contributed by atoms with Crippen molar-refractivity contribution in [3.05, 3.63) is 23.8 Å². The maximum Gasteiger partial charge on any atom is 0.316 e. The summed E-state index contributed by atoms with van der Waals surface area (Å²) >= 11 is 1.41. The number of ether oxygens (including phenoxy) is 1. The molecule has 0 unspecified atom stereocenters. The van der Waals surface area contributed by atoms with Crippen molar-refractivity contribution in [2.24, 2.45) is 0 Å². The lowest BCUT2D eigenvalue weighted by molar-refractivity contribution is -0.139. The van der Waals surface area contributed by atoms with Crippen LogP contribution in [0.25, 0.3) is 0 Å². The fourth-order valence-electron chi connectivity index (χ4n) is 1.06. The van der Waals surface area contributed by atoms with Crippen LogP contribution < -0.4 is 0 Å². The van der Waals surface area contributed by atoms with Crippen LogP contribution in [0.2, 0.25) is 0 Å². The molecule has 4 heteroatoms. The van der Waals surface area contributed by atoms with Crippen LogP contribution in [-0.4, -0.2) is 23.4 Å². The zero-order chi connectivity index (χ0) is 11.3. The van der Waals surface area contributed by atoms with E-state index in [1.807, 2.05) is 13.0 Å². The quantitative estimate of drug-likeness (QED) is 0.632. The minimum Gasteiger partial charge on any atom is -0.508 e. The van der Waals surface area contributed by atoms with E-state index in [1.54, 1.807) is 19.1 Å². The van der Waals surface area contributed by atoms with Gasteiger partial charge >= 0.3 is 5.97 Å². The Labute approximate surface area is 93.4 Å². The highest BCUT2D eigenvalue weighted by atomic mass is 32.2. The lowest BCUT2D eigenvalue weighted by Gasteiger charge is -2.04. The van der Waals surface area contributed by atoms with Gasteiger partial charge in [0.1, 0.15) is 5.75 Å². The summed E-state index contributed by atoms with van der Waals surface area (Å²) in [6, 6.07) is 5.26. The number of hydrogen-bond acceptors (Lipinski definition) is 4. The second-order valence-electron chi connectivity index (χ2n) is 3.04. The van der Waals surface area contributed by atoms with Crippen molar-refractivity contribution in [1.82, 2.24) is 0 Å². The van der Waals surface area contributed by atoms with Gasteiger partial charge in [-0.1, -0.05) is 0 Å². The van der Waals surface area contributed by atoms with E-state index in [0.717, 1.165) is 10.5 Å². The second-order valence-corrected chi connectivity index (χ2v) is 4.09. The molecule has 0 saturated heterocycles. The molecule has 0 atom stereocenters. The average Bonchev–Trinajstić information content (AvgIpc) is 2.20. The second kappa shape index (κ2) is 5.66. The van der Waals surface area contributed by atoms with Gasteiger partial charge in [0.05, 0.1) is 12.4 Å². The molecular weight excluding hydrogens is 212 g/mol. The normalized spacial score (nSPS) is 10.0. The smallest absolute Gasteiger partial charge is 0.316 e. The van der Waals surface area contributed by atoms with Gasteiger partial charge in [0.15, 0.2) is 0 Å². The van der Waals surface area contributed by atoms with Gasteiger partial charge < -0.3 is 9.84 Å². The summed E-state index contributed by atoms with van der Waals surface area (Å²) in [4.78, 5) is 12.0. The van der Waals surface area contributed by atoms with E-state index in [1.165, 1.54) is 11.8 Å². The van der Waals surface area contributed by atoms with Crippen LogP contribution in [0.1, 0.15) is 12.5 Å². The van der Waals surface area contributed by atoms with E-state index in [9.17, 15) is 9.90 Å². The molecule has 82 valence electrons. The van der Waals surface area contributed by atoms with E-state index < -0.39 is 0 Å². The molecule has 15 heavy (non-hydrogen) atoms. The molecular formula is C11H14O3S. The zero-order valence-electron chi connectivity index (χ0n) is 8.82. The van der Waals surface area contributed by atoms with Crippen LogP contribution in [-0.2, 0) is 9.53 Å². The Kier molecular flexibility index (Phi) is 4.49. The fourth-order valence-corrected chi connectivity index (χ4v) is 1.85. The zero-order valence-corrected chi connectivity index (χ0v) is 9.63. The molecule has 0 amide bonds. The third-order valence-corrected chi connectivity index (χ3v) is 2.80. The van der Waals surface area contributed by atoms with Crippen molar-refractivity contribution in [2.45, 2.75) is 18.7 Å². The summed E-state index contributed by atoms with van der Waals surface area (Å²) in [5, 5.41) is 9.30. The van der Waals surface area contributed by atoms with Gasteiger partial charge in [0.25, 0.3) is 0 Å². The summed E-state index contributed by atoms with van der Waals surface area (Å²) in [6.45, 7) is 4.02. The van der Waals surface area contributed by atoms with Crippen LogP contribution in [0, 0.1) is 6.92 Å². The van der Waals surface area contributed by atoms with Gasteiger partial charge in [-0.05, 0) is 37.6 Å². The van der Waals surface area contributed by atoms with Crippen molar-refractivity contribution in [2.75, 3.05) is 12.4 Å². The van der Waals surface area contributed by atoms with Crippen molar-refractivity contribution in [3.8, 4) is 5.75 Å². The highest BCUT2D eigenvalue weighted by molar-refractivity contribution is 8.00. The van der Waals surface area contributed by atoms with E-state index in [2.05, 4.69) is 0 Å². The number of aromatic hydroxyl groups is 1. The van der Waals surface area contributed by atoms with Gasteiger partial charge in [-0.3, -0.25) is 4.79 Å². The van der Waals surface area contributed by atoms with E-state index in [-0.39, 0.29) is 11.7 Å². The van der Waals surface area contributed by atoms with Crippen molar-refractivity contribution >= 4 is 17.7 Å².